The Morgan fingerprint density at radius 2 is 2.00 bits per heavy atom. The Bertz CT molecular complexity index is 727. The third-order valence-electron chi connectivity index (χ3n) is 2.70. The molecule has 1 aromatic carbocycles. The Kier molecular flexibility index (Phi) is 4.89. The lowest BCUT2D eigenvalue weighted by Crippen LogP contribution is -2.21. The molecule has 0 saturated carbocycles. The van der Waals surface area contributed by atoms with Crippen LogP contribution >= 0.6 is 11.3 Å². The molecule has 2 N–H and O–H groups in total. The molecule has 0 radical (unpaired) electrons. The van der Waals surface area contributed by atoms with Crippen molar-refractivity contribution in [3.63, 3.8) is 0 Å². The average Bonchev–Trinajstić information content (AvgIpc) is 2.93. The Hall–Kier alpha value is -2.55. The number of rotatable bonds is 5. The molecular formula is C14H10F3NO4S. The number of aromatic carboxylic acids is 1. The fourth-order valence-corrected chi connectivity index (χ4v) is 2.41. The number of carboxylic acids is 1. The Morgan fingerprint density at radius 3 is 2.65 bits per heavy atom. The zero-order valence-electron chi connectivity index (χ0n) is 11.4. The van der Waals surface area contributed by atoms with E-state index in [4.69, 9.17) is 9.84 Å². The number of hydrogen-bond acceptors (Lipinski definition) is 4. The van der Waals surface area contributed by atoms with Crippen LogP contribution in [-0.2, 0) is 11.0 Å². The van der Waals surface area contributed by atoms with Gasteiger partial charge >= 0.3 is 12.1 Å². The number of hydrogen-bond donors (Lipinski definition) is 2. The number of amides is 1. The summed E-state index contributed by atoms with van der Waals surface area (Å²) in [6, 6.07) is 4.12. The van der Waals surface area contributed by atoms with Crippen LogP contribution in [0.1, 0.15) is 15.9 Å². The van der Waals surface area contributed by atoms with Crippen molar-refractivity contribution in [2.75, 3.05) is 11.9 Å². The van der Waals surface area contributed by atoms with Gasteiger partial charge in [-0.2, -0.15) is 13.2 Å². The average molecular weight is 345 g/mol. The molecule has 0 atom stereocenters. The SMILES string of the molecule is O=C(COc1cccc(C(F)(F)F)c1)Nc1cscc1C(=O)O. The molecule has 2 rings (SSSR count). The van der Waals surface area contributed by atoms with E-state index >= 15 is 0 Å². The van der Waals surface area contributed by atoms with Crippen molar-refractivity contribution in [2.45, 2.75) is 6.18 Å². The standard InChI is InChI=1S/C14H10F3NO4S/c15-14(16,17)8-2-1-3-9(4-8)22-5-12(19)18-11-7-23-6-10(11)13(20)21/h1-4,6-7H,5H2,(H,18,19)(H,20,21). The van der Waals surface area contributed by atoms with E-state index in [2.05, 4.69) is 5.32 Å². The number of anilines is 1. The second-order valence-electron chi connectivity index (χ2n) is 4.37. The highest BCUT2D eigenvalue weighted by atomic mass is 32.1. The number of halogens is 3. The fourth-order valence-electron chi connectivity index (χ4n) is 1.66. The van der Waals surface area contributed by atoms with Crippen LogP contribution in [0.2, 0.25) is 0 Å². The third kappa shape index (κ3) is 4.46. The Balaban J connectivity index is 1.97. The second kappa shape index (κ2) is 6.69. The van der Waals surface area contributed by atoms with E-state index in [0.29, 0.717) is 0 Å². The molecule has 5 nitrogen and oxygen atoms in total. The first-order valence-corrected chi connectivity index (χ1v) is 7.11. The lowest BCUT2D eigenvalue weighted by atomic mass is 10.2. The highest BCUT2D eigenvalue weighted by Gasteiger charge is 2.30. The summed E-state index contributed by atoms with van der Waals surface area (Å²) in [6.45, 7) is -0.545. The zero-order valence-corrected chi connectivity index (χ0v) is 12.2. The molecule has 9 heteroatoms. The van der Waals surface area contributed by atoms with Crippen molar-refractivity contribution >= 4 is 28.9 Å². The topological polar surface area (TPSA) is 75.6 Å². The highest BCUT2D eigenvalue weighted by Crippen LogP contribution is 2.31. The number of nitrogens with one attached hydrogen (secondary N) is 1. The van der Waals surface area contributed by atoms with Gasteiger partial charge in [-0.05, 0) is 18.2 Å². The molecule has 0 aliphatic heterocycles. The second-order valence-corrected chi connectivity index (χ2v) is 5.11. The maximum atomic E-state index is 12.5. The van der Waals surface area contributed by atoms with E-state index in [1.54, 1.807) is 0 Å². The first kappa shape index (κ1) is 16.8. The predicted molar refractivity (Wildman–Crippen MR) is 76.8 cm³/mol. The monoisotopic (exact) mass is 345 g/mol. The predicted octanol–water partition coefficient (Wildman–Crippen LogP) is 3.48. The molecule has 0 unspecified atom stereocenters. The minimum atomic E-state index is -4.51. The van der Waals surface area contributed by atoms with Crippen LogP contribution in [0.25, 0.3) is 0 Å². The van der Waals surface area contributed by atoms with E-state index < -0.39 is 30.2 Å². The van der Waals surface area contributed by atoms with E-state index in [1.165, 1.54) is 16.8 Å². The molecule has 0 fully saturated rings. The Labute approximate surface area is 132 Å². The van der Waals surface area contributed by atoms with Gasteiger partial charge in [-0.3, -0.25) is 4.79 Å². The molecule has 1 aromatic heterocycles. The molecule has 0 bridgehead atoms. The van der Waals surface area contributed by atoms with Crippen molar-refractivity contribution in [1.82, 2.24) is 0 Å². The van der Waals surface area contributed by atoms with Gasteiger partial charge < -0.3 is 15.2 Å². The van der Waals surface area contributed by atoms with Crippen molar-refractivity contribution < 1.29 is 32.6 Å². The van der Waals surface area contributed by atoms with Gasteiger partial charge in [-0.1, -0.05) is 6.07 Å². The maximum absolute atomic E-state index is 12.5. The minimum absolute atomic E-state index is 0.0672. The van der Waals surface area contributed by atoms with Gasteiger partial charge in [0.05, 0.1) is 16.8 Å². The molecule has 122 valence electrons. The van der Waals surface area contributed by atoms with Crippen molar-refractivity contribution in [3.05, 3.63) is 46.2 Å². The molecule has 0 aliphatic rings. The van der Waals surface area contributed by atoms with Gasteiger partial charge in [0.1, 0.15) is 5.75 Å². The number of ether oxygens (including phenoxy) is 1. The van der Waals surface area contributed by atoms with Gasteiger partial charge in [0, 0.05) is 10.8 Å². The number of carbonyl (C=O) groups excluding carboxylic acids is 1. The van der Waals surface area contributed by atoms with Gasteiger partial charge in [0.25, 0.3) is 5.91 Å². The highest BCUT2D eigenvalue weighted by molar-refractivity contribution is 7.08. The molecule has 1 heterocycles. The molecule has 23 heavy (non-hydrogen) atoms. The number of carbonyl (C=O) groups is 2. The molecule has 0 saturated heterocycles. The van der Waals surface area contributed by atoms with Crippen molar-refractivity contribution in [2.24, 2.45) is 0 Å². The van der Waals surface area contributed by atoms with Gasteiger partial charge in [0.15, 0.2) is 6.61 Å². The van der Waals surface area contributed by atoms with E-state index in [-0.39, 0.29) is 17.0 Å². The molecule has 2 aromatic rings. The van der Waals surface area contributed by atoms with Crippen LogP contribution < -0.4 is 10.1 Å². The van der Waals surface area contributed by atoms with Crippen LogP contribution in [0.3, 0.4) is 0 Å². The summed E-state index contributed by atoms with van der Waals surface area (Å²) in [5.41, 5.74) is -0.844. The van der Waals surface area contributed by atoms with E-state index in [9.17, 15) is 22.8 Å². The summed E-state index contributed by atoms with van der Waals surface area (Å²) in [6.07, 6.45) is -4.51. The first-order valence-electron chi connectivity index (χ1n) is 6.17. The Morgan fingerprint density at radius 1 is 1.26 bits per heavy atom. The van der Waals surface area contributed by atoms with Crippen LogP contribution in [0.5, 0.6) is 5.75 Å². The van der Waals surface area contributed by atoms with Crippen LogP contribution in [0, 0.1) is 0 Å². The normalized spacial score (nSPS) is 11.1. The number of thiophene rings is 1. The summed E-state index contributed by atoms with van der Waals surface area (Å²) in [5, 5.41) is 14.0. The van der Waals surface area contributed by atoms with Crippen LogP contribution in [-0.4, -0.2) is 23.6 Å². The molecule has 0 spiro atoms. The smallest absolute Gasteiger partial charge is 0.416 e. The van der Waals surface area contributed by atoms with Gasteiger partial charge in [-0.15, -0.1) is 11.3 Å². The fraction of sp³-hybridized carbons (Fsp3) is 0.143. The van der Waals surface area contributed by atoms with Gasteiger partial charge in [0.2, 0.25) is 0 Å². The minimum Gasteiger partial charge on any atom is -0.484 e. The molecular weight excluding hydrogens is 335 g/mol. The number of carboxylic acid groups (broad SMARTS) is 1. The number of benzene rings is 1. The number of alkyl halides is 3. The summed E-state index contributed by atoms with van der Waals surface area (Å²) in [4.78, 5) is 22.6. The van der Waals surface area contributed by atoms with Crippen LogP contribution in [0.4, 0.5) is 18.9 Å². The third-order valence-corrected chi connectivity index (χ3v) is 3.44. The van der Waals surface area contributed by atoms with E-state index in [0.717, 1.165) is 29.5 Å². The first-order chi connectivity index (χ1) is 10.8. The summed E-state index contributed by atoms with van der Waals surface area (Å²) in [5.74, 6) is -1.98. The lowest BCUT2D eigenvalue weighted by molar-refractivity contribution is -0.137. The summed E-state index contributed by atoms with van der Waals surface area (Å²) < 4.78 is 42.6. The quantitative estimate of drug-likeness (QED) is 0.870. The van der Waals surface area contributed by atoms with Crippen molar-refractivity contribution in [3.8, 4) is 5.75 Å². The van der Waals surface area contributed by atoms with E-state index in [1.807, 2.05) is 0 Å². The summed E-state index contributed by atoms with van der Waals surface area (Å²) in [7, 11) is 0. The molecule has 1 amide bonds. The largest absolute Gasteiger partial charge is 0.484 e. The maximum Gasteiger partial charge on any atom is 0.416 e. The lowest BCUT2D eigenvalue weighted by Gasteiger charge is -2.10. The zero-order chi connectivity index (χ0) is 17.0. The van der Waals surface area contributed by atoms with Crippen molar-refractivity contribution in [1.29, 1.82) is 0 Å². The molecule has 0 aliphatic carbocycles. The van der Waals surface area contributed by atoms with Crippen LogP contribution in [0.15, 0.2) is 35.0 Å². The summed E-state index contributed by atoms with van der Waals surface area (Å²) >= 11 is 1.09. The van der Waals surface area contributed by atoms with Gasteiger partial charge in [-0.25, -0.2) is 4.79 Å².